The van der Waals surface area contributed by atoms with Gasteiger partial charge in [-0.1, -0.05) is 215 Å². The molecule has 2 nitrogen and oxygen atoms in total. The van der Waals surface area contributed by atoms with Crippen LogP contribution in [-0.4, -0.2) is 0 Å². The number of nitrogens with zero attached hydrogens (tertiary/aromatic N) is 2. The van der Waals surface area contributed by atoms with Crippen LogP contribution in [0, 0.1) is 49.4 Å². The van der Waals surface area contributed by atoms with E-state index in [2.05, 4.69) is 316 Å². The Bertz CT molecular complexity index is 5240. The lowest BCUT2D eigenvalue weighted by Crippen LogP contribution is -2.18. The zero-order valence-corrected chi connectivity index (χ0v) is 52.9. The van der Waals surface area contributed by atoms with E-state index in [4.69, 9.17) is 25.7 Å². The third kappa shape index (κ3) is 9.95. The highest BCUT2D eigenvalue weighted by Gasteiger charge is 2.42. The van der Waals surface area contributed by atoms with Crippen LogP contribution in [0.15, 0.2) is 291 Å². The molecule has 0 unspecified atom stereocenters. The fraction of sp³-hybridized carbons (Fsp3) is 0.0652. The third-order valence-corrected chi connectivity index (χ3v) is 19.3. The summed E-state index contributed by atoms with van der Waals surface area (Å²) in [5, 5.41) is 0. The molecule has 0 atom stereocenters. The summed E-state index contributed by atoms with van der Waals surface area (Å²) in [5.74, 6) is 11.6. The highest BCUT2D eigenvalue weighted by Crippen LogP contribution is 2.58. The van der Waals surface area contributed by atoms with E-state index < -0.39 is 0 Å². The largest absolute Gasteiger partial charge is 0.310 e. The van der Waals surface area contributed by atoms with Crippen LogP contribution >= 0.6 is 0 Å². The van der Waals surface area contributed by atoms with Crippen LogP contribution in [0.1, 0.15) is 72.2 Å². The van der Waals surface area contributed by atoms with Crippen molar-refractivity contribution >= 4 is 34.1 Å². The molecule has 0 aromatic heterocycles. The summed E-state index contributed by atoms with van der Waals surface area (Å²) in [6, 6.07) is 105. The van der Waals surface area contributed by atoms with Gasteiger partial charge in [0.2, 0.25) is 0 Å². The first-order valence-electron chi connectivity index (χ1n) is 31.9. The van der Waals surface area contributed by atoms with E-state index >= 15 is 0 Å². The number of fused-ring (bicyclic) bond motifs is 6. The monoisotopic (exact) mass is 1200 g/mol. The maximum Gasteiger partial charge on any atom is 0.0477 e. The van der Waals surface area contributed by atoms with Crippen molar-refractivity contribution in [1.82, 2.24) is 0 Å². The smallest absolute Gasteiger partial charge is 0.0477 e. The molecular weight excluding hydrogens is 1130 g/mol. The molecule has 0 fully saturated rings. The fourth-order valence-corrected chi connectivity index (χ4v) is 14.6. The third-order valence-electron chi connectivity index (χ3n) is 19.3. The molecule has 442 valence electrons. The Balaban J connectivity index is 0.912. The lowest BCUT2D eigenvalue weighted by molar-refractivity contribution is 0.652. The van der Waals surface area contributed by atoms with Crippen LogP contribution in [0.4, 0.5) is 34.1 Å². The fourth-order valence-electron chi connectivity index (χ4n) is 14.6. The number of rotatable bonds is 12. The standard InChI is InChI=1S/C92H64N2/c1-9-61-34-28-42-79(77(61)11-3)81-47-44-65(56-84(81)80-43-29-35-62(10-2)78(80)12-4)69-53-70(68-51-66(63-30-18-13-19-31-63)50-67(52-68)64-32-20-14-21-33-64)55-76(54-69)94(73-40-26-17-27-41-73)75-46-49-83-86-60-89-85(59-90(86)92(7,8)88(83)58-75)82-48-45-74(57-87(82)91(89,5)6)93(71-36-22-15-23-37-71)72-38-24-16-25-39-72/h1-4,13-60H,5-8H3. The summed E-state index contributed by atoms with van der Waals surface area (Å²) >= 11 is 0. The van der Waals surface area contributed by atoms with Crippen LogP contribution < -0.4 is 9.80 Å². The second-order valence-electron chi connectivity index (χ2n) is 25.4. The first kappa shape index (κ1) is 58.1. The van der Waals surface area contributed by atoms with E-state index in [0.717, 1.165) is 101 Å². The second-order valence-corrected chi connectivity index (χ2v) is 25.4. The number of terminal acetylenes is 4. The van der Waals surface area contributed by atoms with Gasteiger partial charge in [0.25, 0.3) is 0 Å². The summed E-state index contributed by atoms with van der Waals surface area (Å²) < 4.78 is 0. The molecule has 0 saturated carbocycles. The minimum atomic E-state index is -0.355. The minimum absolute atomic E-state index is 0.273. The summed E-state index contributed by atoms with van der Waals surface area (Å²) in [4.78, 5) is 4.78. The quantitative estimate of drug-likeness (QED) is 0.113. The first-order chi connectivity index (χ1) is 45.9. The highest BCUT2D eigenvalue weighted by atomic mass is 15.1. The van der Waals surface area contributed by atoms with Crippen molar-refractivity contribution in [2.24, 2.45) is 0 Å². The second kappa shape index (κ2) is 23.5. The van der Waals surface area contributed by atoms with E-state index in [0.29, 0.717) is 22.3 Å². The normalized spacial score (nSPS) is 12.6. The van der Waals surface area contributed by atoms with Crippen LogP contribution in [0.2, 0.25) is 0 Å². The Morgan fingerprint density at radius 2 is 0.574 bits per heavy atom. The molecular formula is C92H64N2. The summed E-state index contributed by atoms with van der Waals surface area (Å²) in [5.41, 5.74) is 30.6. The van der Waals surface area contributed by atoms with Crippen LogP contribution in [-0.2, 0) is 10.8 Å². The topological polar surface area (TPSA) is 6.48 Å². The molecule has 2 aliphatic rings. The Kier molecular flexibility index (Phi) is 14.5. The maximum absolute atomic E-state index is 6.42. The molecule has 0 N–H and O–H groups in total. The van der Waals surface area contributed by atoms with Crippen molar-refractivity contribution in [2.75, 3.05) is 9.80 Å². The minimum Gasteiger partial charge on any atom is -0.310 e. The van der Waals surface area contributed by atoms with Crippen molar-refractivity contribution < 1.29 is 0 Å². The Hall–Kier alpha value is -12.3. The zero-order valence-electron chi connectivity index (χ0n) is 52.9. The van der Waals surface area contributed by atoms with Gasteiger partial charge < -0.3 is 9.80 Å². The molecule has 0 saturated heterocycles. The van der Waals surface area contributed by atoms with Crippen LogP contribution in [0.5, 0.6) is 0 Å². The van der Waals surface area contributed by atoms with E-state index in [1.54, 1.807) is 0 Å². The van der Waals surface area contributed by atoms with Gasteiger partial charge in [0.1, 0.15) is 0 Å². The lowest BCUT2D eigenvalue weighted by atomic mass is 9.79. The molecule has 0 radical (unpaired) electrons. The Morgan fingerprint density at radius 3 is 0.989 bits per heavy atom. The van der Waals surface area contributed by atoms with Crippen molar-refractivity contribution in [3.8, 4) is 138 Å². The van der Waals surface area contributed by atoms with Gasteiger partial charge in [0, 0.05) is 67.2 Å². The molecule has 0 bridgehead atoms. The van der Waals surface area contributed by atoms with Gasteiger partial charge in [-0.05, 0) is 239 Å². The molecule has 0 amide bonds. The average molecular weight is 1200 g/mol. The predicted molar refractivity (Wildman–Crippen MR) is 395 cm³/mol. The summed E-state index contributed by atoms with van der Waals surface area (Å²) in [6.45, 7) is 9.57. The number of hydrogen-bond donors (Lipinski definition) is 0. The van der Waals surface area contributed by atoms with Crippen molar-refractivity contribution in [2.45, 2.75) is 38.5 Å². The van der Waals surface area contributed by atoms with Gasteiger partial charge in [-0.3, -0.25) is 0 Å². The maximum atomic E-state index is 6.42. The van der Waals surface area contributed by atoms with Crippen molar-refractivity contribution in [3.63, 3.8) is 0 Å². The lowest BCUT2D eigenvalue weighted by Gasteiger charge is -2.29. The zero-order chi connectivity index (χ0) is 64.2. The number of hydrogen-bond acceptors (Lipinski definition) is 2. The molecule has 0 spiro atoms. The number of para-hydroxylation sites is 3. The van der Waals surface area contributed by atoms with E-state index in [1.807, 2.05) is 36.4 Å². The molecule has 2 aliphatic carbocycles. The molecule has 13 aromatic carbocycles. The number of benzene rings is 13. The van der Waals surface area contributed by atoms with Crippen LogP contribution in [0.25, 0.3) is 89.0 Å². The first-order valence-corrected chi connectivity index (χ1v) is 31.9. The SMILES string of the molecule is C#Cc1cccc(-c2ccc(-c3cc(-c4cc(-c5ccccc5)cc(-c5ccccc5)c4)cc(N(c4ccccc4)c4ccc5c(c4)C(C)(C)c4cc6c(cc4-5)C(C)(C)c4cc(N(c5ccccc5)c5ccccc5)ccc4-6)c3)cc2-c2cccc(C#C)c2C#C)c1C#C. The van der Waals surface area contributed by atoms with E-state index in [9.17, 15) is 0 Å². The van der Waals surface area contributed by atoms with E-state index in [1.165, 1.54) is 44.5 Å². The molecule has 15 rings (SSSR count). The molecule has 13 aromatic rings. The van der Waals surface area contributed by atoms with Gasteiger partial charge in [-0.2, -0.15) is 0 Å². The summed E-state index contributed by atoms with van der Waals surface area (Å²) in [7, 11) is 0. The van der Waals surface area contributed by atoms with Gasteiger partial charge in [0.05, 0.1) is 0 Å². The van der Waals surface area contributed by atoms with Gasteiger partial charge in [-0.15, -0.1) is 25.7 Å². The average Bonchev–Trinajstić information content (AvgIpc) is 1.53. The van der Waals surface area contributed by atoms with Crippen molar-refractivity contribution in [3.05, 3.63) is 336 Å². The predicted octanol–water partition coefficient (Wildman–Crippen LogP) is 23.2. The van der Waals surface area contributed by atoms with Gasteiger partial charge in [0.15, 0.2) is 0 Å². The molecule has 0 aliphatic heterocycles. The Labute approximate surface area is 553 Å². The van der Waals surface area contributed by atoms with Crippen LogP contribution in [0.3, 0.4) is 0 Å². The molecule has 94 heavy (non-hydrogen) atoms. The van der Waals surface area contributed by atoms with Crippen molar-refractivity contribution in [1.29, 1.82) is 0 Å². The summed E-state index contributed by atoms with van der Waals surface area (Å²) in [6.07, 6.45) is 25.0. The van der Waals surface area contributed by atoms with Gasteiger partial charge >= 0.3 is 0 Å². The highest BCUT2D eigenvalue weighted by molar-refractivity contribution is 5.97. The van der Waals surface area contributed by atoms with Gasteiger partial charge in [-0.25, -0.2) is 0 Å². The van der Waals surface area contributed by atoms with E-state index in [-0.39, 0.29) is 10.8 Å². The molecule has 0 heterocycles. The Morgan fingerprint density at radius 1 is 0.223 bits per heavy atom. The molecule has 2 heteroatoms. The number of anilines is 6.